The minimum Gasteiger partial charge on any atom is -0.870 e. The summed E-state index contributed by atoms with van der Waals surface area (Å²) in [4.78, 5) is 25.6. The van der Waals surface area contributed by atoms with Crippen LogP contribution in [0.3, 0.4) is 0 Å². The largest absolute Gasteiger partial charge is 2.00 e. The zero-order valence-corrected chi connectivity index (χ0v) is 12.2. The Morgan fingerprint density at radius 1 is 0.833 bits per heavy atom. The van der Waals surface area contributed by atoms with Gasteiger partial charge >= 0.3 is 75.7 Å². The van der Waals surface area contributed by atoms with Gasteiger partial charge in [0.05, 0.1) is 0 Å². The molecule has 0 bridgehead atoms. The molecule has 12 heteroatoms. The molecule has 0 aliphatic heterocycles. The summed E-state index contributed by atoms with van der Waals surface area (Å²) in [6.07, 6.45) is 0. The third-order valence-corrected chi connectivity index (χ3v) is 0. The van der Waals surface area contributed by atoms with Crippen molar-refractivity contribution >= 4 is 53.9 Å². The van der Waals surface area contributed by atoms with Gasteiger partial charge < -0.3 is 41.2 Å². The van der Waals surface area contributed by atoms with Crippen LogP contribution < -0.4 is 44.2 Å². The van der Waals surface area contributed by atoms with Crippen LogP contribution in [0, 0.1) is 0 Å². The second kappa shape index (κ2) is 29.2. The topological polar surface area (TPSA) is 211 Å². The van der Waals surface area contributed by atoms with Crippen LogP contribution in [0.1, 0.15) is 0 Å². The van der Waals surface area contributed by atoms with Gasteiger partial charge in [-0.15, -0.1) is 0 Å². The van der Waals surface area contributed by atoms with Crippen molar-refractivity contribution in [2.24, 2.45) is 0 Å². The SMILES string of the molecule is O.O.O.O=P([O-])([O-])[O-].[Mg+2].[Mg+2].[Na+].[OH-]. The molecule has 0 aliphatic carbocycles. The summed E-state index contributed by atoms with van der Waals surface area (Å²) in [6.45, 7) is 0. The van der Waals surface area contributed by atoms with Crippen LogP contribution in [-0.2, 0) is 4.57 Å². The molecule has 12 heavy (non-hydrogen) atoms. The molecular weight excluding hydrogens is 231 g/mol. The smallest absolute Gasteiger partial charge is 0.870 e. The Morgan fingerprint density at radius 3 is 0.833 bits per heavy atom. The summed E-state index contributed by atoms with van der Waals surface area (Å²) in [7, 11) is -5.39. The summed E-state index contributed by atoms with van der Waals surface area (Å²) < 4.78 is 8.55. The third kappa shape index (κ3) is 267. The van der Waals surface area contributed by atoms with Gasteiger partial charge in [-0.05, 0) is 0 Å². The van der Waals surface area contributed by atoms with Crippen molar-refractivity contribution in [3.05, 3.63) is 0 Å². The second-order valence-corrected chi connectivity index (χ2v) is 1.34. The quantitative estimate of drug-likeness (QED) is 0.295. The van der Waals surface area contributed by atoms with Gasteiger partial charge in [0.1, 0.15) is 0 Å². The standard InChI is InChI=1S/2Mg.Na.H3O4P.4H2O/c;;;1-5(2,3)4;;;;/h;;;(H3,1,2,3,4);4*1H2/q2*+2;+1;;;;;/p-4. The zero-order chi connectivity index (χ0) is 4.50. The number of rotatable bonds is 0. The van der Waals surface area contributed by atoms with Crippen molar-refractivity contribution in [2.45, 2.75) is 0 Å². The summed E-state index contributed by atoms with van der Waals surface area (Å²) in [6, 6.07) is 0. The first-order chi connectivity index (χ1) is 2.00. The molecule has 0 spiro atoms. The van der Waals surface area contributed by atoms with E-state index in [2.05, 4.69) is 0 Å². The molecular formula is H7Mg2NaO8P+. The molecule has 0 fully saturated rings. The fourth-order valence-corrected chi connectivity index (χ4v) is 0. The molecule has 0 aliphatic rings. The van der Waals surface area contributed by atoms with Crippen molar-refractivity contribution < 1.29 is 70.7 Å². The van der Waals surface area contributed by atoms with Gasteiger partial charge in [-0.25, -0.2) is 0 Å². The van der Waals surface area contributed by atoms with Gasteiger partial charge in [-0.2, -0.15) is 7.82 Å². The van der Waals surface area contributed by atoms with Crippen LogP contribution in [0.4, 0.5) is 0 Å². The van der Waals surface area contributed by atoms with Crippen LogP contribution in [0.2, 0.25) is 0 Å². The van der Waals surface area contributed by atoms with Crippen LogP contribution in [-0.4, -0.2) is 68.0 Å². The molecule has 0 unspecified atom stereocenters. The first-order valence-electron chi connectivity index (χ1n) is 0.730. The molecule has 0 amide bonds. The Labute approximate surface area is 123 Å². The maximum absolute atomic E-state index is 8.55. The Hall–Kier alpha value is 2.48. The molecule has 8 nitrogen and oxygen atoms in total. The molecule has 0 radical (unpaired) electrons. The Kier molecular flexibility index (Phi) is 152. The van der Waals surface area contributed by atoms with Gasteiger partial charge in [0.15, 0.2) is 0 Å². The average molecular weight is 238 g/mol. The maximum Gasteiger partial charge on any atom is 2.00 e. The number of hydrogen-bond donors (Lipinski definition) is 0. The van der Waals surface area contributed by atoms with Crippen LogP contribution >= 0.6 is 7.82 Å². The minimum atomic E-state index is -5.39. The van der Waals surface area contributed by atoms with Gasteiger partial charge in [-0.3, -0.25) is 0 Å². The zero-order valence-electron chi connectivity index (χ0n) is 6.44. The third-order valence-electron chi connectivity index (χ3n) is 0. The maximum atomic E-state index is 8.55. The Balaban J connectivity index is -0.00000000381. The fourth-order valence-electron chi connectivity index (χ4n) is 0. The first kappa shape index (κ1) is 62.6. The monoisotopic (exact) mass is 237 g/mol. The van der Waals surface area contributed by atoms with Crippen LogP contribution in [0.5, 0.6) is 0 Å². The normalized spacial score (nSPS) is 4.92. The van der Waals surface area contributed by atoms with E-state index in [1.807, 2.05) is 0 Å². The van der Waals surface area contributed by atoms with Crippen molar-refractivity contribution in [1.82, 2.24) is 0 Å². The Bertz CT molecular complexity index is 63.2. The molecule has 0 saturated carbocycles. The molecule has 0 atom stereocenters. The summed E-state index contributed by atoms with van der Waals surface area (Å²) in [5.41, 5.74) is 0. The van der Waals surface area contributed by atoms with E-state index in [-0.39, 0.29) is 97.6 Å². The van der Waals surface area contributed by atoms with Gasteiger partial charge in [0.2, 0.25) is 0 Å². The van der Waals surface area contributed by atoms with E-state index in [0.29, 0.717) is 0 Å². The predicted molar refractivity (Wildman–Crippen MR) is 31.9 cm³/mol. The van der Waals surface area contributed by atoms with E-state index < -0.39 is 7.82 Å². The van der Waals surface area contributed by atoms with E-state index in [4.69, 9.17) is 19.2 Å². The summed E-state index contributed by atoms with van der Waals surface area (Å²) in [5.74, 6) is 0. The molecule has 7 N–H and O–H groups in total. The fraction of sp³-hybridized carbons (Fsp3) is 0. The van der Waals surface area contributed by atoms with Gasteiger partial charge in [0.25, 0.3) is 0 Å². The van der Waals surface area contributed by atoms with Crippen LogP contribution in [0.15, 0.2) is 0 Å². The van der Waals surface area contributed by atoms with Crippen molar-refractivity contribution in [3.63, 3.8) is 0 Å². The minimum absolute atomic E-state index is 0. The van der Waals surface area contributed by atoms with Gasteiger partial charge in [0, 0.05) is 0 Å². The van der Waals surface area contributed by atoms with Crippen molar-refractivity contribution in [1.29, 1.82) is 0 Å². The molecule has 0 aromatic rings. The molecule has 0 saturated heterocycles. The molecule has 0 aromatic carbocycles. The van der Waals surface area contributed by atoms with Crippen molar-refractivity contribution in [3.8, 4) is 0 Å². The Morgan fingerprint density at radius 2 is 0.833 bits per heavy atom. The molecule has 64 valence electrons. The number of hydrogen-bond acceptors (Lipinski definition) is 5. The number of phosphoric acid groups is 1. The molecule has 0 aromatic heterocycles. The van der Waals surface area contributed by atoms with Crippen LogP contribution in [0.25, 0.3) is 0 Å². The van der Waals surface area contributed by atoms with Crippen molar-refractivity contribution in [2.75, 3.05) is 0 Å². The summed E-state index contributed by atoms with van der Waals surface area (Å²) in [5, 5.41) is 0. The van der Waals surface area contributed by atoms with E-state index in [0.717, 1.165) is 0 Å². The first-order valence-corrected chi connectivity index (χ1v) is 2.19. The van der Waals surface area contributed by atoms with Gasteiger partial charge in [-0.1, -0.05) is 0 Å². The van der Waals surface area contributed by atoms with E-state index >= 15 is 0 Å². The average Bonchev–Trinajstić information content (AvgIpc) is 0.722. The second-order valence-electron chi connectivity index (χ2n) is 0.447. The van der Waals surface area contributed by atoms with E-state index in [1.165, 1.54) is 0 Å². The summed E-state index contributed by atoms with van der Waals surface area (Å²) >= 11 is 0. The molecule has 0 heterocycles. The van der Waals surface area contributed by atoms with E-state index in [9.17, 15) is 0 Å². The molecule has 0 rings (SSSR count). The predicted octanol–water partition coefficient (Wildman–Crippen LogP) is -9.23. The van der Waals surface area contributed by atoms with E-state index in [1.54, 1.807) is 0 Å².